The number of nitrogens with zero attached hydrogens (tertiary/aromatic N) is 2. The Morgan fingerprint density at radius 1 is 1.13 bits per heavy atom. The Morgan fingerprint density at radius 2 is 1.90 bits per heavy atom. The van der Waals surface area contributed by atoms with Gasteiger partial charge in [-0.25, -0.2) is 0 Å². The predicted molar refractivity (Wildman–Crippen MR) is 124 cm³/mol. The Bertz CT molecular complexity index is 779. The highest BCUT2D eigenvalue weighted by Gasteiger charge is 2.31. The zero-order chi connectivity index (χ0) is 22.1. The minimum absolute atomic E-state index is 0.197. The molecule has 1 atom stereocenters. The highest BCUT2D eigenvalue weighted by atomic mass is 35.5. The molecule has 1 saturated carbocycles. The highest BCUT2D eigenvalue weighted by molar-refractivity contribution is 6.33. The smallest absolute Gasteiger partial charge is 0.252 e. The molecule has 0 spiro atoms. The molecule has 1 saturated heterocycles. The zero-order valence-electron chi connectivity index (χ0n) is 18.3. The van der Waals surface area contributed by atoms with Crippen LogP contribution in [0.3, 0.4) is 0 Å². The van der Waals surface area contributed by atoms with Crippen LogP contribution < -0.4 is 16.0 Å². The quantitative estimate of drug-likeness (QED) is 0.341. The van der Waals surface area contributed by atoms with Crippen molar-refractivity contribution in [2.24, 2.45) is 10.9 Å². The van der Waals surface area contributed by atoms with E-state index in [1.54, 1.807) is 24.3 Å². The van der Waals surface area contributed by atoms with Gasteiger partial charge >= 0.3 is 0 Å². The Kier molecular flexibility index (Phi) is 9.00. The molecule has 0 radical (unpaired) electrons. The van der Waals surface area contributed by atoms with Crippen molar-refractivity contribution < 1.29 is 9.59 Å². The summed E-state index contributed by atoms with van der Waals surface area (Å²) in [6.07, 6.45) is 6.61. The first-order valence-electron chi connectivity index (χ1n) is 11.4. The average molecular weight is 448 g/mol. The average Bonchev–Trinajstić information content (AvgIpc) is 3.25. The number of hydrogen-bond acceptors (Lipinski definition) is 3. The van der Waals surface area contributed by atoms with Crippen LogP contribution in [0.5, 0.6) is 0 Å². The zero-order valence-corrected chi connectivity index (χ0v) is 19.1. The predicted octanol–water partition coefficient (Wildman–Crippen LogP) is 2.81. The summed E-state index contributed by atoms with van der Waals surface area (Å²) in [5, 5.41) is 9.98. The molecule has 2 amide bonds. The lowest BCUT2D eigenvalue weighted by Gasteiger charge is -2.26. The topological polar surface area (TPSA) is 85.8 Å². The third kappa shape index (κ3) is 6.86. The third-order valence-corrected chi connectivity index (χ3v) is 6.25. The number of nitrogens with one attached hydrogen (secondary N) is 3. The summed E-state index contributed by atoms with van der Waals surface area (Å²) in [7, 11) is 0. The van der Waals surface area contributed by atoms with E-state index in [4.69, 9.17) is 11.6 Å². The van der Waals surface area contributed by atoms with Crippen molar-refractivity contribution in [1.29, 1.82) is 0 Å². The maximum absolute atomic E-state index is 12.8. The number of likely N-dealkylation sites (tertiary alicyclic amines) is 1. The molecule has 2 fully saturated rings. The van der Waals surface area contributed by atoms with E-state index in [-0.39, 0.29) is 17.9 Å². The number of benzene rings is 1. The number of halogens is 1. The monoisotopic (exact) mass is 447 g/mol. The van der Waals surface area contributed by atoms with E-state index in [0.29, 0.717) is 35.5 Å². The minimum atomic E-state index is -0.202. The molecule has 170 valence electrons. The molecule has 1 aromatic carbocycles. The van der Waals surface area contributed by atoms with Crippen molar-refractivity contribution in [3.63, 3.8) is 0 Å². The first-order valence-corrected chi connectivity index (χ1v) is 11.8. The fourth-order valence-corrected chi connectivity index (χ4v) is 4.50. The van der Waals surface area contributed by atoms with E-state index in [1.807, 2.05) is 11.8 Å². The van der Waals surface area contributed by atoms with Gasteiger partial charge in [-0.1, -0.05) is 43.0 Å². The van der Waals surface area contributed by atoms with Gasteiger partial charge in [0.15, 0.2) is 5.96 Å². The molecular weight excluding hydrogens is 414 g/mol. The summed E-state index contributed by atoms with van der Waals surface area (Å²) in [4.78, 5) is 31.6. The molecule has 1 aromatic rings. The summed E-state index contributed by atoms with van der Waals surface area (Å²) in [6.45, 7) is 5.16. The molecule has 0 bridgehead atoms. The van der Waals surface area contributed by atoms with Crippen LogP contribution >= 0.6 is 11.6 Å². The number of rotatable bonds is 7. The van der Waals surface area contributed by atoms with E-state index < -0.39 is 0 Å². The van der Waals surface area contributed by atoms with Crippen molar-refractivity contribution in [2.75, 3.05) is 32.7 Å². The molecule has 1 heterocycles. The summed E-state index contributed by atoms with van der Waals surface area (Å²) in [6, 6.07) is 7.18. The van der Waals surface area contributed by atoms with E-state index in [1.165, 1.54) is 19.3 Å². The molecule has 2 aliphatic rings. The van der Waals surface area contributed by atoms with Crippen LogP contribution in [0.4, 0.5) is 0 Å². The number of carbonyl (C=O) groups excluding carboxylic acids is 2. The van der Waals surface area contributed by atoms with Crippen molar-refractivity contribution in [2.45, 2.75) is 51.5 Å². The molecule has 1 aliphatic carbocycles. The summed E-state index contributed by atoms with van der Waals surface area (Å²) < 4.78 is 0. The van der Waals surface area contributed by atoms with Gasteiger partial charge < -0.3 is 20.9 Å². The first-order chi connectivity index (χ1) is 15.1. The normalized spacial score (nSPS) is 19.9. The number of aliphatic imine (C=N–C) groups is 1. The van der Waals surface area contributed by atoms with E-state index in [2.05, 4.69) is 20.9 Å². The molecule has 7 nitrogen and oxygen atoms in total. The Morgan fingerprint density at radius 3 is 2.65 bits per heavy atom. The molecule has 8 heteroatoms. The number of carbonyl (C=O) groups is 2. The van der Waals surface area contributed by atoms with Crippen molar-refractivity contribution in [3.05, 3.63) is 34.9 Å². The number of hydrogen-bond donors (Lipinski definition) is 3. The Balaban J connectivity index is 1.44. The summed E-state index contributed by atoms with van der Waals surface area (Å²) >= 11 is 6.07. The highest BCUT2D eigenvalue weighted by Crippen LogP contribution is 2.26. The molecule has 31 heavy (non-hydrogen) atoms. The van der Waals surface area contributed by atoms with Gasteiger partial charge in [0.25, 0.3) is 5.91 Å². The van der Waals surface area contributed by atoms with Crippen LogP contribution in [0.1, 0.15) is 55.8 Å². The Hall–Kier alpha value is -2.28. The maximum atomic E-state index is 12.8. The molecule has 1 aliphatic heterocycles. The van der Waals surface area contributed by atoms with Gasteiger partial charge in [0.2, 0.25) is 5.91 Å². The van der Waals surface area contributed by atoms with E-state index in [0.717, 1.165) is 38.9 Å². The van der Waals surface area contributed by atoms with E-state index in [9.17, 15) is 9.59 Å². The van der Waals surface area contributed by atoms with Gasteiger partial charge in [-0.15, -0.1) is 0 Å². The number of amides is 2. The molecule has 1 unspecified atom stereocenters. The SMILES string of the molecule is CCNC(=NCCNC(=O)c1ccccc1Cl)NC1CCN(C(=O)C2CCCCC2)C1. The molecule has 3 rings (SSSR count). The lowest BCUT2D eigenvalue weighted by molar-refractivity contribution is -0.135. The molecule has 3 N–H and O–H groups in total. The van der Waals surface area contributed by atoms with E-state index >= 15 is 0 Å². The van der Waals surface area contributed by atoms with Crippen LogP contribution in [0.15, 0.2) is 29.3 Å². The molecule has 0 aromatic heterocycles. The van der Waals surface area contributed by atoms with Crippen LogP contribution in [-0.4, -0.2) is 61.4 Å². The van der Waals surface area contributed by atoms with Gasteiger partial charge in [-0.3, -0.25) is 14.6 Å². The largest absolute Gasteiger partial charge is 0.357 e. The fourth-order valence-electron chi connectivity index (χ4n) is 4.28. The summed E-state index contributed by atoms with van der Waals surface area (Å²) in [5.41, 5.74) is 0.465. The van der Waals surface area contributed by atoms with Gasteiger partial charge in [0.05, 0.1) is 17.1 Å². The summed E-state index contributed by atoms with van der Waals surface area (Å²) in [5.74, 6) is 1.06. The minimum Gasteiger partial charge on any atom is -0.357 e. The van der Waals surface area contributed by atoms with Crippen LogP contribution in [0.2, 0.25) is 5.02 Å². The van der Waals surface area contributed by atoms with Gasteiger partial charge in [0.1, 0.15) is 0 Å². The Labute approximate surface area is 190 Å². The van der Waals surface area contributed by atoms with Gasteiger partial charge in [-0.05, 0) is 38.3 Å². The number of guanidine groups is 1. The molecular formula is C23H34ClN5O2. The first kappa shape index (κ1) is 23.4. The van der Waals surface area contributed by atoms with Crippen molar-refractivity contribution >= 4 is 29.4 Å². The second-order valence-corrected chi connectivity index (χ2v) is 8.65. The fraction of sp³-hybridized carbons (Fsp3) is 0.609. The third-order valence-electron chi connectivity index (χ3n) is 5.93. The lowest BCUT2D eigenvalue weighted by Crippen LogP contribution is -2.46. The lowest BCUT2D eigenvalue weighted by atomic mass is 9.88. The second kappa shape index (κ2) is 11.9. The maximum Gasteiger partial charge on any atom is 0.252 e. The van der Waals surface area contributed by atoms with Gasteiger partial charge in [0, 0.05) is 38.1 Å². The van der Waals surface area contributed by atoms with Crippen molar-refractivity contribution in [3.8, 4) is 0 Å². The van der Waals surface area contributed by atoms with Crippen LogP contribution in [0.25, 0.3) is 0 Å². The standard InChI is InChI=1S/C23H34ClN5O2/c1-2-25-23(27-14-13-26-21(30)19-10-6-7-11-20(19)24)28-18-12-15-29(16-18)22(31)17-8-4-3-5-9-17/h6-7,10-11,17-18H,2-5,8-9,12-16H2,1H3,(H,26,30)(H2,25,27,28). The van der Waals surface area contributed by atoms with Gasteiger partial charge in [-0.2, -0.15) is 0 Å². The van der Waals surface area contributed by atoms with Crippen LogP contribution in [-0.2, 0) is 4.79 Å². The second-order valence-electron chi connectivity index (χ2n) is 8.25. The van der Waals surface area contributed by atoms with Crippen molar-refractivity contribution in [1.82, 2.24) is 20.9 Å². The van der Waals surface area contributed by atoms with Crippen LogP contribution in [0, 0.1) is 5.92 Å².